The van der Waals surface area contributed by atoms with Gasteiger partial charge in [-0.25, -0.2) is 0 Å². The number of anilines is 1. The number of para-hydroxylation sites is 1. The van der Waals surface area contributed by atoms with Gasteiger partial charge >= 0.3 is 0 Å². The van der Waals surface area contributed by atoms with Gasteiger partial charge in [-0.05, 0) is 51.3 Å². The number of hydrogen-bond acceptors (Lipinski definition) is 4. The molecule has 30 heavy (non-hydrogen) atoms. The number of hydrogen-bond donors (Lipinski definition) is 3. The standard InChI is InChI=1S/C24H21BrN2O3/c25-19-8-4-5-9-20(19)26-14-21(28)17-10-12-22(24-18(17)11-13-23(29)27-24)30-15-16-6-2-1-3-7-16/h1-13,21,26,28H,14-15H2,(H,27,29)/t21-/m0/s1. The van der Waals surface area contributed by atoms with Gasteiger partial charge in [0.2, 0.25) is 5.56 Å². The number of benzene rings is 3. The van der Waals surface area contributed by atoms with Crippen LogP contribution in [-0.2, 0) is 6.61 Å². The predicted molar refractivity (Wildman–Crippen MR) is 123 cm³/mol. The van der Waals surface area contributed by atoms with Crippen molar-refractivity contribution in [3.05, 3.63) is 105 Å². The van der Waals surface area contributed by atoms with E-state index in [9.17, 15) is 9.90 Å². The van der Waals surface area contributed by atoms with Crippen LogP contribution < -0.4 is 15.6 Å². The molecule has 152 valence electrons. The number of ether oxygens (including phenoxy) is 1. The minimum Gasteiger partial charge on any atom is -0.487 e. The molecule has 0 saturated heterocycles. The smallest absolute Gasteiger partial charge is 0.248 e. The lowest BCUT2D eigenvalue weighted by Crippen LogP contribution is -2.14. The van der Waals surface area contributed by atoms with E-state index in [1.165, 1.54) is 6.07 Å². The molecule has 0 aliphatic rings. The van der Waals surface area contributed by atoms with E-state index in [0.29, 0.717) is 30.0 Å². The Morgan fingerprint density at radius 3 is 2.53 bits per heavy atom. The van der Waals surface area contributed by atoms with Crippen molar-refractivity contribution in [2.45, 2.75) is 12.7 Å². The highest BCUT2D eigenvalue weighted by molar-refractivity contribution is 9.10. The third-order valence-electron chi connectivity index (χ3n) is 4.85. The van der Waals surface area contributed by atoms with E-state index in [1.807, 2.05) is 60.7 Å². The maximum absolute atomic E-state index is 11.9. The lowest BCUT2D eigenvalue weighted by atomic mass is 10.0. The molecule has 0 fully saturated rings. The van der Waals surface area contributed by atoms with Gasteiger partial charge in [-0.2, -0.15) is 0 Å². The number of pyridine rings is 1. The van der Waals surface area contributed by atoms with Crippen LogP contribution in [0.3, 0.4) is 0 Å². The van der Waals surface area contributed by atoms with Gasteiger partial charge in [0.15, 0.2) is 0 Å². The van der Waals surface area contributed by atoms with E-state index in [2.05, 4.69) is 26.2 Å². The first-order valence-corrected chi connectivity index (χ1v) is 10.4. The second-order valence-electron chi connectivity index (χ2n) is 6.92. The Morgan fingerprint density at radius 1 is 0.967 bits per heavy atom. The van der Waals surface area contributed by atoms with E-state index in [1.54, 1.807) is 12.1 Å². The Hall–Kier alpha value is -3.09. The normalized spacial score (nSPS) is 11.9. The Balaban J connectivity index is 1.59. The van der Waals surface area contributed by atoms with Gasteiger partial charge < -0.3 is 20.1 Å². The Labute approximate surface area is 182 Å². The number of H-pyrrole nitrogens is 1. The van der Waals surface area contributed by atoms with Gasteiger partial charge in [0.1, 0.15) is 12.4 Å². The van der Waals surface area contributed by atoms with Gasteiger partial charge in [0, 0.05) is 28.2 Å². The molecule has 5 nitrogen and oxygen atoms in total. The van der Waals surface area contributed by atoms with E-state index < -0.39 is 6.10 Å². The molecule has 1 heterocycles. The van der Waals surface area contributed by atoms with Gasteiger partial charge in [-0.1, -0.05) is 48.5 Å². The molecular weight excluding hydrogens is 444 g/mol. The summed E-state index contributed by atoms with van der Waals surface area (Å²) in [5, 5.41) is 14.8. The first-order valence-electron chi connectivity index (χ1n) is 9.61. The van der Waals surface area contributed by atoms with Gasteiger partial charge in [0.05, 0.1) is 11.6 Å². The van der Waals surface area contributed by atoms with Crippen molar-refractivity contribution in [1.29, 1.82) is 0 Å². The molecule has 0 unspecified atom stereocenters. The summed E-state index contributed by atoms with van der Waals surface area (Å²) in [6.45, 7) is 0.708. The second kappa shape index (κ2) is 9.15. The summed E-state index contributed by atoms with van der Waals surface area (Å²) in [6, 6.07) is 24.4. The fourth-order valence-electron chi connectivity index (χ4n) is 3.32. The van der Waals surface area contributed by atoms with Gasteiger partial charge in [0.25, 0.3) is 0 Å². The summed E-state index contributed by atoms with van der Waals surface area (Å²) in [6.07, 6.45) is -0.770. The highest BCUT2D eigenvalue weighted by Gasteiger charge is 2.15. The van der Waals surface area contributed by atoms with Crippen molar-refractivity contribution in [1.82, 2.24) is 4.98 Å². The van der Waals surface area contributed by atoms with E-state index in [4.69, 9.17) is 4.74 Å². The molecular formula is C24H21BrN2O3. The Bertz CT molecular complexity index is 1210. The average Bonchev–Trinajstić information content (AvgIpc) is 2.77. The highest BCUT2D eigenvalue weighted by Crippen LogP contribution is 2.31. The van der Waals surface area contributed by atoms with Gasteiger partial charge in [-0.15, -0.1) is 0 Å². The van der Waals surface area contributed by atoms with Crippen LogP contribution in [0, 0.1) is 0 Å². The molecule has 0 saturated carbocycles. The summed E-state index contributed by atoms with van der Waals surface area (Å²) in [5.41, 5.74) is 3.01. The molecule has 3 aromatic carbocycles. The van der Waals surface area contributed by atoms with Crippen LogP contribution in [0.1, 0.15) is 17.2 Å². The molecule has 6 heteroatoms. The van der Waals surface area contributed by atoms with Crippen molar-refractivity contribution >= 4 is 32.5 Å². The molecule has 0 radical (unpaired) electrons. The first-order chi connectivity index (χ1) is 14.6. The number of aliphatic hydroxyl groups excluding tert-OH is 1. The third-order valence-corrected chi connectivity index (χ3v) is 5.54. The SMILES string of the molecule is O=c1ccc2c([C@@H](O)CNc3ccccc3Br)ccc(OCc3ccccc3)c2[nH]1. The van der Waals surface area contributed by atoms with Crippen LogP contribution in [0.4, 0.5) is 5.69 Å². The Morgan fingerprint density at radius 2 is 1.73 bits per heavy atom. The predicted octanol–water partition coefficient (Wildman–Crippen LogP) is 5.02. The maximum Gasteiger partial charge on any atom is 0.248 e. The molecule has 1 aromatic heterocycles. The number of rotatable bonds is 7. The molecule has 0 bridgehead atoms. The van der Waals surface area contributed by atoms with Crippen molar-refractivity contribution in [3.8, 4) is 5.75 Å². The van der Waals surface area contributed by atoms with Crippen molar-refractivity contribution in [2.24, 2.45) is 0 Å². The van der Waals surface area contributed by atoms with Crippen LogP contribution >= 0.6 is 15.9 Å². The maximum atomic E-state index is 11.9. The zero-order valence-corrected chi connectivity index (χ0v) is 17.7. The number of aromatic nitrogens is 1. The van der Waals surface area contributed by atoms with Crippen LogP contribution in [-0.4, -0.2) is 16.6 Å². The number of aromatic amines is 1. The quantitative estimate of drug-likeness (QED) is 0.359. The van der Waals surface area contributed by atoms with Crippen molar-refractivity contribution in [3.63, 3.8) is 0 Å². The van der Waals surface area contributed by atoms with Gasteiger partial charge in [-0.3, -0.25) is 4.79 Å². The molecule has 0 amide bonds. The first kappa shape index (κ1) is 20.2. The molecule has 4 rings (SSSR count). The number of aliphatic hydroxyl groups is 1. The number of halogens is 1. The zero-order valence-electron chi connectivity index (χ0n) is 16.1. The summed E-state index contributed by atoms with van der Waals surface area (Å²) >= 11 is 3.50. The number of nitrogens with one attached hydrogen (secondary N) is 2. The molecule has 4 aromatic rings. The fraction of sp³-hybridized carbons (Fsp3) is 0.125. The second-order valence-corrected chi connectivity index (χ2v) is 7.77. The minimum absolute atomic E-state index is 0.218. The van der Waals surface area contributed by atoms with Crippen molar-refractivity contribution < 1.29 is 9.84 Å². The summed E-state index contributed by atoms with van der Waals surface area (Å²) in [5.74, 6) is 0.571. The van der Waals surface area contributed by atoms with E-state index >= 15 is 0 Å². The largest absolute Gasteiger partial charge is 0.487 e. The molecule has 3 N–H and O–H groups in total. The topological polar surface area (TPSA) is 74.3 Å². The summed E-state index contributed by atoms with van der Waals surface area (Å²) < 4.78 is 6.89. The molecule has 1 atom stereocenters. The number of fused-ring (bicyclic) bond motifs is 1. The highest BCUT2D eigenvalue weighted by atomic mass is 79.9. The van der Waals surface area contributed by atoms with E-state index in [0.717, 1.165) is 21.1 Å². The zero-order chi connectivity index (χ0) is 20.9. The van der Waals surface area contributed by atoms with E-state index in [-0.39, 0.29) is 5.56 Å². The molecule has 0 aliphatic carbocycles. The minimum atomic E-state index is -0.770. The van der Waals surface area contributed by atoms with Crippen LogP contribution in [0.25, 0.3) is 10.9 Å². The lowest BCUT2D eigenvalue weighted by Gasteiger charge is -2.18. The summed E-state index contributed by atoms with van der Waals surface area (Å²) in [7, 11) is 0. The monoisotopic (exact) mass is 464 g/mol. The third kappa shape index (κ3) is 4.56. The van der Waals surface area contributed by atoms with Crippen LogP contribution in [0.5, 0.6) is 5.75 Å². The molecule has 0 aliphatic heterocycles. The lowest BCUT2D eigenvalue weighted by molar-refractivity contribution is 0.193. The van der Waals surface area contributed by atoms with Crippen LogP contribution in [0.2, 0.25) is 0 Å². The average molecular weight is 465 g/mol. The van der Waals surface area contributed by atoms with Crippen molar-refractivity contribution in [2.75, 3.05) is 11.9 Å². The van der Waals surface area contributed by atoms with Crippen LogP contribution in [0.15, 0.2) is 88.1 Å². The Kier molecular flexibility index (Phi) is 6.16. The fourth-order valence-corrected chi connectivity index (χ4v) is 3.74. The molecule has 0 spiro atoms. The summed E-state index contributed by atoms with van der Waals surface area (Å²) in [4.78, 5) is 14.8.